The first-order valence-electron chi connectivity index (χ1n) is 5.78. The van der Waals surface area contributed by atoms with Gasteiger partial charge in [-0.2, -0.15) is 0 Å². The van der Waals surface area contributed by atoms with E-state index < -0.39 is 17.6 Å². The van der Waals surface area contributed by atoms with E-state index in [1.807, 2.05) is 0 Å². The average molecular weight is 298 g/mol. The van der Waals surface area contributed by atoms with Crippen molar-refractivity contribution in [2.75, 3.05) is 42.7 Å². The monoisotopic (exact) mass is 298 g/mol. The molecule has 8 heteroatoms. The van der Waals surface area contributed by atoms with Crippen LogP contribution in [0.5, 0.6) is 0 Å². The maximum Gasteiger partial charge on any atom is 0.500 e. The summed E-state index contributed by atoms with van der Waals surface area (Å²) in [5.74, 6) is 0.253. The summed E-state index contributed by atoms with van der Waals surface area (Å²) in [6.07, 6.45) is 0. The lowest BCUT2D eigenvalue weighted by molar-refractivity contribution is 0.109. The van der Waals surface area contributed by atoms with Crippen LogP contribution in [0.1, 0.15) is 6.92 Å². The maximum atomic E-state index is 5.41. The van der Waals surface area contributed by atoms with Gasteiger partial charge in [0, 0.05) is 54.7 Å². The molecule has 0 N–H and O–H groups in total. The van der Waals surface area contributed by atoms with Gasteiger partial charge in [0.25, 0.3) is 0 Å². The van der Waals surface area contributed by atoms with Crippen LogP contribution in [0.15, 0.2) is 0 Å². The summed E-state index contributed by atoms with van der Waals surface area (Å²) < 4.78 is 32.5. The lowest BCUT2D eigenvalue weighted by Crippen LogP contribution is -2.48. The molecule has 6 nitrogen and oxygen atoms in total. The minimum Gasteiger partial charge on any atom is -0.377 e. The molecule has 0 saturated heterocycles. The molecule has 0 atom stereocenters. The highest BCUT2D eigenvalue weighted by Crippen LogP contribution is 2.27. The molecule has 0 bridgehead atoms. The van der Waals surface area contributed by atoms with Crippen molar-refractivity contribution in [2.24, 2.45) is 5.92 Å². The largest absolute Gasteiger partial charge is 0.500 e. The molecular weight excluding hydrogens is 272 g/mol. The predicted molar refractivity (Wildman–Crippen MR) is 72.3 cm³/mol. The van der Waals surface area contributed by atoms with Gasteiger partial charge in [0.2, 0.25) is 0 Å². The lowest BCUT2D eigenvalue weighted by Gasteiger charge is -2.31. The molecule has 0 radical (unpaired) electrons. The van der Waals surface area contributed by atoms with Gasteiger partial charge in [0.15, 0.2) is 0 Å². The van der Waals surface area contributed by atoms with Crippen molar-refractivity contribution in [1.29, 1.82) is 0 Å². The molecule has 0 aromatic rings. The Hall–Kier alpha value is 0.194. The molecule has 0 aromatic heterocycles. The van der Waals surface area contributed by atoms with E-state index in [9.17, 15) is 0 Å². The Labute approximate surface area is 112 Å². The maximum absolute atomic E-state index is 5.41. The highest BCUT2D eigenvalue weighted by atomic mass is 28.4. The summed E-state index contributed by atoms with van der Waals surface area (Å²) in [5.41, 5.74) is 0. The van der Waals surface area contributed by atoms with E-state index >= 15 is 0 Å². The van der Waals surface area contributed by atoms with Crippen molar-refractivity contribution >= 4 is 17.6 Å². The number of rotatable bonds is 10. The molecule has 110 valence electrons. The van der Waals surface area contributed by atoms with Gasteiger partial charge < -0.3 is 26.6 Å². The van der Waals surface area contributed by atoms with Gasteiger partial charge in [-0.25, -0.2) is 0 Å². The molecule has 18 heavy (non-hydrogen) atoms. The van der Waals surface area contributed by atoms with Crippen molar-refractivity contribution in [3.05, 3.63) is 0 Å². The highest BCUT2D eigenvalue weighted by Gasteiger charge is 2.45. The van der Waals surface area contributed by atoms with Crippen molar-refractivity contribution in [2.45, 2.75) is 19.0 Å². The average Bonchev–Trinajstić information content (AvgIpc) is 2.42. The second-order valence-electron chi connectivity index (χ2n) is 4.10. The van der Waals surface area contributed by atoms with Crippen LogP contribution in [-0.4, -0.2) is 60.3 Å². The molecule has 0 aromatic carbocycles. The first-order valence-corrected chi connectivity index (χ1v) is 9.64. The molecule has 0 fully saturated rings. The van der Waals surface area contributed by atoms with Gasteiger partial charge in [-0.05, 0) is 5.92 Å². The van der Waals surface area contributed by atoms with Crippen molar-refractivity contribution in [1.82, 2.24) is 0 Å². The van der Waals surface area contributed by atoms with Crippen LogP contribution >= 0.6 is 0 Å². The van der Waals surface area contributed by atoms with Gasteiger partial charge in [-0.1, -0.05) is 6.92 Å². The summed E-state index contributed by atoms with van der Waals surface area (Å²) in [7, 11) is 4.54. The van der Waals surface area contributed by atoms with Crippen molar-refractivity contribution < 1.29 is 26.6 Å². The molecule has 0 aliphatic rings. The quantitative estimate of drug-likeness (QED) is 0.568. The Morgan fingerprint density at radius 3 is 1.00 bits per heavy atom. The van der Waals surface area contributed by atoms with Crippen LogP contribution in [0.4, 0.5) is 0 Å². The summed E-state index contributed by atoms with van der Waals surface area (Å²) in [6, 6.07) is 1.39. The fourth-order valence-electron chi connectivity index (χ4n) is 1.93. The van der Waals surface area contributed by atoms with E-state index in [-0.39, 0.29) is 5.92 Å². The highest BCUT2D eigenvalue weighted by molar-refractivity contribution is 6.62. The third kappa shape index (κ3) is 4.70. The molecule has 0 aliphatic heterocycles. The Balaban J connectivity index is 4.61. The minimum absolute atomic E-state index is 0.253. The van der Waals surface area contributed by atoms with Gasteiger partial charge in [0.1, 0.15) is 0 Å². The summed E-state index contributed by atoms with van der Waals surface area (Å²) >= 11 is 0. The van der Waals surface area contributed by atoms with Gasteiger partial charge in [-0.3, -0.25) is 0 Å². The molecule has 0 heterocycles. The molecule has 0 saturated carbocycles. The first-order chi connectivity index (χ1) is 8.46. The summed E-state index contributed by atoms with van der Waals surface area (Å²) in [4.78, 5) is 0. The second-order valence-corrected chi connectivity index (χ2v) is 10.1. The zero-order valence-corrected chi connectivity index (χ0v) is 14.4. The smallest absolute Gasteiger partial charge is 0.377 e. The Bertz CT molecular complexity index is 182. The van der Waals surface area contributed by atoms with E-state index in [1.165, 1.54) is 0 Å². The Morgan fingerprint density at radius 1 is 0.611 bits per heavy atom. The molecular formula is C10H26O6Si2. The van der Waals surface area contributed by atoms with E-state index in [0.29, 0.717) is 12.1 Å². The van der Waals surface area contributed by atoms with Crippen molar-refractivity contribution in [3.8, 4) is 0 Å². The van der Waals surface area contributed by atoms with Gasteiger partial charge in [0.05, 0.1) is 0 Å². The standard InChI is InChI=1S/C10H26O6Si2/c1-10(8-17(11-2,12-3)13-4)9-18(14-5,15-6)16-7/h10H,8-9H2,1-7H3. The summed E-state index contributed by atoms with van der Waals surface area (Å²) in [5, 5.41) is 0. The van der Waals surface area contributed by atoms with Crippen LogP contribution in [0, 0.1) is 5.92 Å². The SMILES string of the molecule is CO[Si](CC(C)C[Si](OC)(OC)OC)(OC)OC. The lowest BCUT2D eigenvalue weighted by atomic mass is 10.3. The zero-order chi connectivity index (χ0) is 14.2. The fourth-order valence-corrected chi connectivity index (χ4v) is 6.21. The third-order valence-electron chi connectivity index (χ3n) is 3.06. The topological polar surface area (TPSA) is 55.4 Å². The van der Waals surface area contributed by atoms with Crippen LogP contribution in [0.3, 0.4) is 0 Å². The van der Waals surface area contributed by atoms with E-state index in [4.69, 9.17) is 26.6 Å². The molecule has 0 aliphatic carbocycles. The van der Waals surface area contributed by atoms with Crippen LogP contribution in [-0.2, 0) is 26.6 Å². The van der Waals surface area contributed by atoms with Crippen LogP contribution in [0.2, 0.25) is 12.1 Å². The van der Waals surface area contributed by atoms with E-state index in [0.717, 1.165) is 0 Å². The van der Waals surface area contributed by atoms with Crippen LogP contribution in [0.25, 0.3) is 0 Å². The predicted octanol–water partition coefficient (Wildman–Crippen LogP) is 1.38. The van der Waals surface area contributed by atoms with Crippen molar-refractivity contribution in [3.63, 3.8) is 0 Å². The normalized spacial score (nSPS) is 13.3. The third-order valence-corrected chi connectivity index (χ3v) is 9.19. The van der Waals surface area contributed by atoms with Gasteiger partial charge >= 0.3 is 17.6 Å². The fraction of sp³-hybridized carbons (Fsp3) is 1.00. The first kappa shape index (κ1) is 18.2. The number of hydrogen-bond donors (Lipinski definition) is 0. The van der Waals surface area contributed by atoms with E-state index in [1.54, 1.807) is 42.7 Å². The Morgan fingerprint density at radius 2 is 0.833 bits per heavy atom. The van der Waals surface area contributed by atoms with Crippen LogP contribution < -0.4 is 0 Å². The summed E-state index contributed by atoms with van der Waals surface area (Å²) in [6.45, 7) is 2.08. The second kappa shape index (κ2) is 8.38. The Kier molecular flexibility index (Phi) is 8.47. The molecule has 0 spiro atoms. The van der Waals surface area contributed by atoms with Gasteiger partial charge in [-0.15, -0.1) is 0 Å². The minimum atomic E-state index is -2.56. The molecule has 0 rings (SSSR count). The molecule has 0 amide bonds. The van der Waals surface area contributed by atoms with E-state index in [2.05, 4.69) is 6.92 Å². The molecule has 0 unspecified atom stereocenters. The zero-order valence-electron chi connectivity index (χ0n) is 12.4. The number of hydrogen-bond acceptors (Lipinski definition) is 6.